The predicted octanol–water partition coefficient (Wildman–Crippen LogP) is 1.39. The number of hydrogen-bond donors (Lipinski definition) is 0. The topological polar surface area (TPSA) is 57.9 Å². The molecule has 0 N–H and O–H groups in total. The van der Waals surface area contributed by atoms with Gasteiger partial charge in [0.25, 0.3) is 5.91 Å². The summed E-state index contributed by atoms with van der Waals surface area (Å²) in [6, 6.07) is 4.10. The van der Waals surface area contributed by atoms with E-state index in [0.717, 1.165) is 12.2 Å². The Morgan fingerprint density at radius 3 is 2.95 bits per heavy atom. The zero-order valence-electron chi connectivity index (χ0n) is 12.5. The molecule has 0 radical (unpaired) electrons. The zero-order chi connectivity index (χ0) is 15.0. The summed E-state index contributed by atoms with van der Waals surface area (Å²) in [6.45, 7) is 5.90. The van der Waals surface area contributed by atoms with Gasteiger partial charge in [-0.05, 0) is 26.0 Å². The van der Waals surface area contributed by atoms with Crippen LogP contribution in [0.4, 0.5) is 0 Å². The summed E-state index contributed by atoms with van der Waals surface area (Å²) in [7, 11) is 0. The Balaban J connectivity index is 1.82. The maximum absolute atomic E-state index is 12.7. The molecule has 6 nitrogen and oxygen atoms in total. The number of amides is 2. The zero-order valence-corrected chi connectivity index (χ0v) is 12.5. The highest BCUT2D eigenvalue weighted by molar-refractivity contribution is 6.39. The highest BCUT2D eigenvalue weighted by Crippen LogP contribution is 2.26. The molecule has 112 valence electrons. The van der Waals surface area contributed by atoms with Crippen LogP contribution >= 0.6 is 0 Å². The van der Waals surface area contributed by atoms with Crippen LogP contribution in [0.15, 0.2) is 23.4 Å². The van der Waals surface area contributed by atoms with E-state index in [1.807, 2.05) is 31.0 Å². The summed E-state index contributed by atoms with van der Waals surface area (Å²) in [4.78, 5) is 26.2. The molecule has 1 aromatic heterocycles. The Kier molecular flexibility index (Phi) is 3.53. The molecule has 0 unspecified atom stereocenters. The number of hydrogen-bond acceptors (Lipinski definition) is 3. The molecule has 0 spiro atoms. The summed E-state index contributed by atoms with van der Waals surface area (Å²) in [5.74, 6) is -0.0458. The minimum absolute atomic E-state index is 0.00498. The van der Waals surface area contributed by atoms with Gasteiger partial charge in [-0.3, -0.25) is 9.59 Å². The number of rotatable bonds is 2. The van der Waals surface area contributed by atoms with Gasteiger partial charge in [0, 0.05) is 44.4 Å². The molecule has 21 heavy (non-hydrogen) atoms. The number of nitrogens with zero attached hydrogens (tertiary/aromatic N) is 4. The molecule has 0 aliphatic carbocycles. The summed E-state index contributed by atoms with van der Waals surface area (Å²) >= 11 is 0. The van der Waals surface area contributed by atoms with Crippen molar-refractivity contribution in [3.05, 3.63) is 24.0 Å². The monoisotopic (exact) mass is 288 g/mol. The third kappa shape index (κ3) is 2.34. The lowest BCUT2D eigenvalue weighted by Gasteiger charge is -2.36. The number of hydrazone groups is 1. The molecule has 0 saturated carbocycles. The standard InChI is InChI=1S/C15H20N4O2/c1-3-19-14(20)7-6-12(16-19)15(21)18-10-9-17-8-4-5-13(17)11(18)2/h4-5,8,11H,3,6-7,9-10H2,1-2H3/t11-/m1/s1. The average molecular weight is 288 g/mol. The van der Waals surface area contributed by atoms with Gasteiger partial charge >= 0.3 is 0 Å². The predicted molar refractivity (Wildman–Crippen MR) is 78.6 cm³/mol. The Hall–Kier alpha value is -2.11. The number of carbonyl (C=O) groups excluding carboxylic acids is 2. The van der Waals surface area contributed by atoms with Gasteiger partial charge in [-0.25, -0.2) is 5.01 Å². The van der Waals surface area contributed by atoms with Gasteiger partial charge in [0.2, 0.25) is 5.91 Å². The highest BCUT2D eigenvalue weighted by Gasteiger charge is 2.32. The van der Waals surface area contributed by atoms with Crippen molar-refractivity contribution < 1.29 is 9.59 Å². The van der Waals surface area contributed by atoms with Crippen LogP contribution in [0.1, 0.15) is 38.4 Å². The third-order valence-electron chi connectivity index (χ3n) is 4.25. The van der Waals surface area contributed by atoms with Crippen LogP contribution in [0.5, 0.6) is 0 Å². The summed E-state index contributed by atoms with van der Waals surface area (Å²) in [5, 5.41) is 5.63. The lowest BCUT2D eigenvalue weighted by atomic mass is 10.1. The SMILES string of the molecule is CCN1N=C(C(=O)N2CCn3cccc3[C@H]2C)CCC1=O. The molecule has 0 fully saturated rings. The molecule has 3 heterocycles. The molecule has 2 amide bonds. The minimum atomic E-state index is -0.0408. The van der Waals surface area contributed by atoms with Gasteiger partial charge in [-0.2, -0.15) is 5.10 Å². The van der Waals surface area contributed by atoms with Crippen molar-refractivity contribution in [2.75, 3.05) is 13.1 Å². The highest BCUT2D eigenvalue weighted by atomic mass is 16.2. The van der Waals surface area contributed by atoms with Gasteiger partial charge < -0.3 is 9.47 Å². The molecule has 2 aliphatic heterocycles. The van der Waals surface area contributed by atoms with Crippen molar-refractivity contribution in [2.24, 2.45) is 5.10 Å². The van der Waals surface area contributed by atoms with Crippen molar-refractivity contribution in [1.29, 1.82) is 0 Å². The van der Waals surface area contributed by atoms with Crippen LogP contribution in [0.2, 0.25) is 0 Å². The number of fused-ring (bicyclic) bond motifs is 1. The van der Waals surface area contributed by atoms with Crippen molar-refractivity contribution in [3.63, 3.8) is 0 Å². The van der Waals surface area contributed by atoms with Crippen LogP contribution in [0.25, 0.3) is 0 Å². The Labute approximate surface area is 124 Å². The van der Waals surface area contributed by atoms with Crippen LogP contribution in [-0.4, -0.2) is 45.1 Å². The first-order valence-electron chi connectivity index (χ1n) is 7.45. The Morgan fingerprint density at radius 1 is 1.38 bits per heavy atom. The lowest BCUT2D eigenvalue weighted by molar-refractivity contribution is -0.132. The van der Waals surface area contributed by atoms with Crippen LogP contribution in [0, 0.1) is 0 Å². The molecule has 3 rings (SSSR count). The molecule has 2 aliphatic rings. The molecule has 1 aromatic rings. The van der Waals surface area contributed by atoms with E-state index in [9.17, 15) is 9.59 Å². The minimum Gasteiger partial charge on any atom is -0.348 e. The fraction of sp³-hybridized carbons (Fsp3) is 0.533. The van der Waals surface area contributed by atoms with Gasteiger partial charge in [-0.15, -0.1) is 0 Å². The van der Waals surface area contributed by atoms with E-state index in [0.29, 0.717) is 31.6 Å². The molecular weight excluding hydrogens is 268 g/mol. The summed E-state index contributed by atoms with van der Waals surface area (Å²) in [6.07, 6.45) is 2.86. The second kappa shape index (κ2) is 5.35. The Bertz CT molecular complexity index is 605. The smallest absolute Gasteiger partial charge is 0.270 e. The molecule has 0 aromatic carbocycles. The lowest BCUT2D eigenvalue weighted by Crippen LogP contribution is -2.46. The fourth-order valence-corrected chi connectivity index (χ4v) is 3.02. The normalized spacial score (nSPS) is 22.1. The molecular formula is C15H20N4O2. The summed E-state index contributed by atoms with van der Waals surface area (Å²) < 4.78 is 2.18. The second-order valence-corrected chi connectivity index (χ2v) is 5.46. The third-order valence-corrected chi connectivity index (χ3v) is 4.25. The first kappa shape index (κ1) is 13.9. The molecule has 6 heteroatoms. The van der Waals surface area contributed by atoms with E-state index in [1.54, 1.807) is 0 Å². The van der Waals surface area contributed by atoms with Crippen molar-refractivity contribution >= 4 is 17.5 Å². The molecule has 0 bridgehead atoms. The Morgan fingerprint density at radius 2 is 2.19 bits per heavy atom. The van der Waals surface area contributed by atoms with Crippen molar-refractivity contribution in [2.45, 2.75) is 39.3 Å². The van der Waals surface area contributed by atoms with E-state index in [4.69, 9.17) is 0 Å². The van der Waals surface area contributed by atoms with Gasteiger partial charge in [0.1, 0.15) is 5.71 Å². The van der Waals surface area contributed by atoms with E-state index < -0.39 is 0 Å². The average Bonchev–Trinajstić information content (AvgIpc) is 2.97. The number of aromatic nitrogens is 1. The van der Waals surface area contributed by atoms with E-state index in [-0.39, 0.29) is 17.9 Å². The van der Waals surface area contributed by atoms with E-state index in [2.05, 4.69) is 15.7 Å². The summed E-state index contributed by atoms with van der Waals surface area (Å²) in [5.41, 5.74) is 1.65. The number of carbonyl (C=O) groups is 2. The van der Waals surface area contributed by atoms with Gasteiger partial charge in [0.05, 0.1) is 6.04 Å². The molecule has 0 saturated heterocycles. The fourth-order valence-electron chi connectivity index (χ4n) is 3.02. The first-order valence-corrected chi connectivity index (χ1v) is 7.45. The maximum Gasteiger partial charge on any atom is 0.270 e. The van der Waals surface area contributed by atoms with Gasteiger partial charge in [0.15, 0.2) is 0 Å². The quantitative estimate of drug-likeness (QED) is 0.825. The maximum atomic E-state index is 12.7. The van der Waals surface area contributed by atoms with E-state index in [1.165, 1.54) is 5.01 Å². The van der Waals surface area contributed by atoms with Crippen molar-refractivity contribution in [1.82, 2.24) is 14.5 Å². The van der Waals surface area contributed by atoms with Crippen LogP contribution in [0.3, 0.4) is 0 Å². The van der Waals surface area contributed by atoms with Crippen molar-refractivity contribution in [3.8, 4) is 0 Å². The first-order chi connectivity index (χ1) is 10.1. The van der Waals surface area contributed by atoms with Crippen LogP contribution in [-0.2, 0) is 16.1 Å². The van der Waals surface area contributed by atoms with E-state index >= 15 is 0 Å². The second-order valence-electron chi connectivity index (χ2n) is 5.46. The van der Waals surface area contributed by atoms with Crippen LogP contribution < -0.4 is 0 Å². The largest absolute Gasteiger partial charge is 0.348 e. The molecule has 1 atom stereocenters. The van der Waals surface area contributed by atoms with Gasteiger partial charge in [-0.1, -0.05) is 0 Å².